The SMILES string of the molecule is O=C(c1ccnc2ccccc12)N1CCCN(C[C@H]2COc3ccccc3O2)CC1. The number of nitrogens with zero attached hydrogens (tertiary/aromatic N) is 3. The van der Waals surface area contributed by atoms with E-state index in [0.29, 0.717) is 13.2 Å². The molecule has 1 saturated heterocycles. The Hall–Kier alpha value is -3.12. The maximum atomic E-state index is 13.2. The Morgan fingerprint density at radius 1 is 0.967 bits per heavy atom. The van der Waals surface area contributed by atoms with Crippen molar-refractivity contribution >= 4 is 16.8 Å². The maximum absolute atomic E-state index is 13.2. The van der Waals surface area contributed by atoms with Crippen molar-refractivity contribution < 1.29 is 14.3 Å². The highest BCUT2D eigenvalue weighted by atomic mass is 16.6. The van der Waals surface area contributed by atoms with E-state index >= 15 is 0 Å². The summed E-state index contributed by atoms with van der Waals surface area (Å²) < 4.78 is 12.0. The quantitative estimate of drug-likeness (QED) is 0.672. The van der Waals surface area contributed by atoms with Crippen molar-refractivity contribution in [2.24, 2.45) is 0 Å². The van der Waals surface area contributed by atoms with Crippen LogP contribution in [0.3, 0.4) is 0 Å². The first kappa shape index (κ1) is 18.9. The lowest BCUT2D eigenvalue weighted by molar-refractivity contribution is 0.0588. The number of pyridine rings is 1. The molecule has 2 aliphatic rings. The van der Waals surface area contributed by atoms with E-state index in [1.165, 1.54) is 0 Å². The van der Waals surface area contributed by atoms with Gasteiger partial charge in [0.15, 0.2) is 11.5 Å². The van der Waals surface area contributed by atoms with Crippen molar-refractivity contribution in [1.82, 2.24) is 14.8 Å². The zero-order valence-electron chi connectivity index (χ0n) is 16.9. The molecule has 1 amide bonds. The summed E-state index contributed by atoms with van der Waals surface area (Å²) in [6.07, 6.45) is 2.67. The van der Waals surface area contributed by atoms with E-state index in [2.05, 4.69) is 9.88 Å². The van der Waals surface area contributed by atoms with E-state index in [1.54, 1.807) is 6.20 Å². The maximum Gasteiger partial charge on any atom is 0.254 e. The second kappa shape index (κ2) is 8.32. The van der Waals surface area contributed by atoms with Gasteiger partial charge in [0.05, 0.1) is 11.1 Å². The van der Waals surface area contributed by atoms with E-state index < -0.39 is 0 Å². The molecule has 2 aromatic carbocycles. The van der Waals surface area contributed by atoms with Crippen molar-refractivity contribution in [2.45, 2.75) is 12.5 Å². The molecule has 6 nitrogen and oxygen atoms in total. The van der Waals surface area contributed by atoms with Crippen molar-refractivity contribution in [1.29, 1.82) is 0 Å². The van der Waals surface area contributed by atoms with Crippen molar-refractivity contribution in [3.63, 3.8) is 0 Å². The number of rotatable bonds is 3. The third-order valence-electron chi connectivity index (χ3n) is 5.78. The molecule has 154 valence electrons. The highest BCUT2D eigenvalue weighted by Gasteiger charge is 2.26. The molecular formula is C24H25N3O3. The van der Waals surface area contributed by atoms with Crippen LogP contribution in [0.2, 0.25) is 0 Å². The normalized spacial score (nSPS) is 19.5. The Labute approximate surface area is 176 Å². The summed E-state index contributed by atoms with van der Waals surface area (Å²) in [5.74, 6) is 1.71. The lowest BCUT2D eigenvalue weighted by Gasteiger charge is -2.30. The predicted molar refractivity (Wildman–Crippen MR) is 115 cm³/mol. The van der Waals surface area contributed by atoms with E-state index in [-0.39, 0.29) is 12.0 Å². The van der Waals surface area contributed by atoms with Crippen LogP contribution in [0.15, 0.2) is 60.8 Å². The Balaban J connectivity index is 1.23. The average molecular weight is 403 g/mol. The van der Waals surface area contributed by atoms with Gasteiger partial charge in [-0.05, 0) is 30.7 Å². The number of carbonyl (C=O) groups is 1. The number of aromatic nitrogens is 1. The molecule has 1 atom stereocenters. The minimum absolute atomic E-state index is 0.00583. The van der Waals surface area contributed by atoms with Gasteiger partial charge in [-0.2, -0.15) is 0 Å². The molecule has 0 saturated carbocycles. The summed E-state index contributed by atoms with van der Waals surface area (Å²) in [4.78, 5) is 22.0. The van der Waals surface area contributed by atoms with E-state index in [9.17, 15) is 4.79 Å². The zero-order chi connectivity index (χ0) is 20.3. The number of amides is 1. The molecule has 0 N–H and O–H groups in total. The minimum Gasteiger partial charge on any atom is -0.486 e. The summed E-state index contributed by atoms with van der Waals surface area (Å²) >= 11 is 0. The van der Waals surface area contributed by atoms with Gasteiger partial charge in [0.2, 0.25) is 0 Å². The van der Waals surface area contributed by atoms with Gasteiger partial charge < -0.3 is 14.4 Å². The number of hydrogen-bond donors (Lipinski definition) is 0. The summed E-state index contributed by atoms with van der Waals surface area (Å²) in [6.45, 7) is 4.60. The number of para-hydroxylation sites is 3. The van der Waals surface area contributed by atoms with Gasteiger partial charge in [-0.25, -0.2) is 0 Å². The molecule has 0 aliphatic carbocycles. The fraction of sp³-hybridized carbons (Fsp3) is 0.333. The highest BCUT2D eigenvalue weighted by molar-refractivity contribution is 6.05. The number of ether oxygens (including phenoxy) is 2. The molecule has 5 rings (SSSR count). The second-order valence-corrected chi connectivity index (χ2v) is 7.82. The predicted octanol–water partition coefficient (Wildman–Crippen LogP) is 3.22. The molecule has 30 heavy (non-hydrogen) atoms. The van der Waals surface area contributed by atoms with Gasteiger partial charge in [0.1, 0.15) is 12.7 Å². The number of benzene rings is 2. The first-order valence-corrected chi connectivity index (χ1v) is 10.5. The van der Waals surface area contributed by atoms with Gasteiger partial charge in [0, 0.05) is 44.3 Å². The summed E-state index contributed by atoms with van der Waals surface area (Å²) in [6, 6.07) is 17.4. The average Bonchev–Trinajstić information content (AvgIpc) is 3.04. The van der Waals surface area contributed by atoms with Crippen LogP contribution in [-0.2, 0) is 0 Å². The first-order chi connectivity index (χ1) is 14.8. The monoisotopic (exact) mass is 403 g/mol. The third-order valence-corrected chi connectivity index (χ3v) is 5.78. The largest absolute Gasteiger partial charge is 0.486 e. The van der Waals surface area contributed by atoms with E-state index in [4.69, 9.17) is 9.47 Å². The van der Waals surface area contributed by atoms with Crippen LogP contribution in [0, 0.1) is 0 Å². The number of hydrogen-bond acceptors (Lipinski definition) is 5. The Morgan fingerprint density at radius 3 is 2.73 bits per heavy atom. The van der Waals surface area contributed by atoms with Crippen molar-refractivity contribution in [3.05, 3.63) is 66.4 Å². The standard InChI is InChI=1S/C24H25N3O3/c28-24(20-10-11-25-21-7-2-1-6-19(20)21)27-13-5-12-26(14-15-27)16-18-17-29-22-8-3-4-9-23(22)30-18/h1-4,6-11,18H,5,12-17H2/t18-/m0/s1. The van der Waals surface area contributed by atoms with Crippen molar-refractivity contribution in [2.75, 3.05) is 39.3 Å². The highest BCUT2D eigenvalue weighted by Crippen LogP contribution is 2.31. The van der Waals surface area contributed by atoms with Crippen LogP contribution >= 0.6 is 0 Å². The van der Waals surface area contributed by atoms with E-state index in [0.717, 1.165) is 60.6 Å². The molecule has 0 radical (unpaired) electrons. The van der Waals surface area contributed by atoms with Crippen molar-refractivity contribution in [3.8, 4) is 11.5 Å². The molecule has 3 heterocycles. The summed E-state index contributed by atoms with van der Waals surface area (Å²) in [5, 5.41) is 0.914. The zero-order valence-corrected chi connectivity index (χ0v) is 16.9. The van der Waals surface area contributed by atoms with Gasteiger partial charge in [-0.15, -0.1) is 0 Å². The second-order valence-electron chi connectivity index (χ2n) is 7.82. The smallest absolute Gasteiger partial charge is 0.254 e. The van der Waals surface area contributed by atoms with Crippen LogP contribution in [0.4, 0.5) is 0 Å². The third kappa shape index (κ3) is 3.83. The molecule has 1 fully saturated rings. The fourth-order valence-corrected chi connectivity index (χ4v) is 4.25. The molecule has 2 aliphatic heterocycles. The molecular weight excluding hydrogens is 378 g/mol. The lowest BCUT2D eigenvalue weighted by atomic mass is 10.1. The van der Waals surface area contributed by atoms with Crippen LogP contribution < -0.4 is 9.47 Å². The van der Waals surface area contributed by atoms with E-state index in [1.807, 2.05) is 59.5 Å². The topological polar surface area (TPSA) is 54.9 Å². The summed E-state index contributed by atoms with van der Waals surface area (Å²) in [7, 11) is 0. The van der Waals surface area contributed by atoms with Crippen LogP contribution in [0.25, 0.3) is 10.9 Å². The van der Waals surface area contributed by atoms with Gasteiger partial charge in [-0.1, -0.05) is 30.3 Å². The Morgan fingerprint density at radius 2 is 1.80 bits per heavy atom. The van der Waals surface area contributed by atoms with Crippen LogP contribution in [0.5, 0.6) is 11.5 Å². The molecule has 0 bridgehead atoms. The molecule has 3 aromatic rings. The van der Waals surface area contributed by atoms with Gasteiger partial charge in [0.25, 0.3) is 5.91 Å². The Kier molecular flexibility index (Phi) is 5.24. The van der Waals surface area contributed by atoms with Crippen LogP contribution in [0.1, 0.15) is 16.8 Å². The van der Waals surface area contributed by atoms with Gasteiger partial charge >= 0.3 is 0 Å². The molecule has 1 aromatic heterocycles. The van der Waals surface area contributed by atoms with Crippen LogP contribution in [-0.4, -0.2) is 66.1 Å². The lowest BCUT2D eigenvalue weighted by Crippen LogP contribution is -2.42. The molecule has 0 spiro atoms. The molecule has 6 heteroatoms. The minimum atomic E-state index is 0.00583. The number of carbonyl (C=O) groups excluding carboxylic acids is 1. The Bertz CT molecular complexity index is 1050. The fourth-order valence-electron chi connectivity index (χ4n) is 4.25. The van der Waals surface area contributed by atoms with Gasteiger partial charge in [-0.3, -0.25) is 14.7 Å². The first-order valence-electron chi connectivity index (χ1n) is 10.5. The number of fused-ring (bicyclic) bond motifs is 2. The summed E-state index contributed by atoms with van der Waals surface area (Å²) in [5.41, 5.74) is 1.59. The molecule has 0 unspecified atom stereocenters.